The van der Waals surface area contributed by atoms with E-state index in [1.165, 1.54) is 11.8 Å². The van der Waals surface area contributed by atoms with Gasteiger partial charge in [-0.15, -0.1) is 0 Å². The minimum absolute atomic E-state index is 0.0534. The quantitative estimate of drug-likeness (QED) is 0.647. The van der Waals surface area contributed by atoms with Gasteiger partial charge in [-0.1, -0.05) is 12.1 Å². The summed E-state index contributed by atoms with van der Waals surface area (Å²) < 4.78 is 0. The second-order valence-corrected chi connectivity index (χ2v) is 5.18. The fourth-order valence-corrected chi connectivity index (χ4v) is 2.84. The molecule has 6 heteroatoms. The van der Waals surface area contributed by atoms with E-state index in [9.17, 15) is 10.1 Å². The highest BCUT2D eigenvalue weighted by Gasteiger charge is 2.36. The van der Waals surface area contributed by atoms with Crippen molar-refractivity contribution < 1.29 is 4.92 Å². The lowest BCUT2D eigenvalue weighted by atomic mass is 9.86. The van der Waals surface area contributed by atoms with Crippen LogP contribution in [0.15, 0.2) is 29.4 Å². The number of nitrogens with zero attached hydrogens (tertiary/aromatic N) is 3. The average Bonchev–Trinajstić information content (AvgIpc) is 2.81. The average molecular weight is 260 g/mol. The number of rotatable bonds is 2. The van der Waals surface area contributed by atoms with Crippen molar-refractivity contribution in [1.29, 1.82) is 0 Å². The number of hydrogen-bond acceptors (Lipinski definition) is 5. The van der Waals surface area contributed by atoms with Gasteiger partial charge in [0.15, 0.2) is 0 Å². The van der Waals surface area contributed by atoms with Crippen LogP contribution < -0.4 is 5.43 Å². The van der Waals surface area contributed by atoms with Gasteiger partial charge in [-0.25, -0.2) is 0 Å². The van der Waals surface area contributed by atoms with Gasteiger partial charge in [-0.3, -0.25) is 10.1 Å². The number of nitro groups is 1. The third kappa shape index (κ3) is 2.19. The van der Waals surface area contributed by atoms with Crippen LogP contribution in [0.2, 0.25) is 0 Å². The van der Waals surface area contributed by atoms with Crippen molar-refractivity contribution in [2.24, 2.45) is 11.0 Å². The molecule has 0 bridgehead atoms. The fraction of sp³-hybridized carbons (Fsp3) is 0.462. The summed E-state index contributed by atoms with van der Waals surface area (Å²) in [7, 11) is 2.10. The molecule has 1 saturated heterocycles. The Balaban J connectivity index is 1.87. The van der Waals surface area contributed by atoms with Crippen LogP contribution in [0.3, 0.4) is 0 Å². The van der Waals surface area contributed by atoms with E-state index in [2.05, 4.69) is 22.5 Å². The maximum absolute atomic E-state index is 10.9. The Morgan fingerprint density at radius 3 is 3.16 bits per heavy atom. The summed E-state index contributed by atoms with van der Waals surface area (Å²) in [5, 5.41) is 15.2. The molecule has 2 unspecified atom stereocenters. The first-order valence-corrected chi connectivity index (χ1v) is 6.40. The number of hydrazone groups is 1. The number of nitro benzene ring substituents is 1. The molecule has 3 rings (SSSR count). The Labute approximate surface area is 111 Å². The number of non-ortho nitro benzene ring substituents is 1. The molecule has 0 radical (unpaired) electrons. The smallest absolute Gasteiger partial charge is 0.269 e. The van der Waals surface area contributed by atoms with Crippen molar-refractivity contribution in [3.05, 3.63) is 39.9 Å². The minimum Gasteiger partial charge on any atom is -0.305 e. The van der Waals surface area contributed by atoms with E-state index in [1.807, 2.05) is 6.07 Å². The maximum atomic E-state index is 10.9. The largest absolute Gasteiger partial charge is 0.305 e. The molecule has 1 fully saturated rings. The van der Waals surface area contributed by atoms with Crippen LogP contribution >= 0.6 is 0 Å². The Morgan fingerprint density at radius 1 is 1.53 bits per heavy atom. The van der Waals surface area contributed by atoms with Gasteiger partial charge >= 0.3 is 0 Å². The van der Waals surface area contributed by atoms with Crippen molar-refractivity contribution in [3.8, 4) is 0 Å². The topological polar surface area (TPSA) is 70.8 Å². The van der Waals surface area contributed by atoms with Crippen molar-refractivity contribution in [3.63, 3.8) is 0 Å². The van der Waals surface area contributed by atoms with Crippen LogP contribution in [0.1, 0.15) is 18.0 Å². The van der Waals surface area contributed by atoms with Gasteiger partial charge in [0, 0.05) is 43.3 Å². The Bertz CT molecular complexity index is 543. The van der Waals surface area contributed by atoms with E-state index in [0.717, 1.165) is 25.1 Å². The van der Waals surface area contributed by atoms with Gasteiger partial charge in [0.25, 0.3) is 5.69 Å². The molecule has 0 aromatic heterocycles. The summed E-state index contributed by atoms with van der Waals surface area (Å²) in [6, 6.07) is 6.88. The molecule has 1 N–H and O–H groups in total. The number of likely N-dealkylation sites (tertiary alicyclic amines) is 1. The third-order valence-electron chi connectivity index (χ3n) is 3.88. The summed E-state index contributed by atoms with van der Waals surface area (Å²) in [5.74, 6) is 0.320. The summed E-state index contributed by atoms with van der Waals surface area (Å²) in [6.45, 7) is 1.97. The molecule has 0 amide bonds. The standard InChI is InChI=1S/C13H16N4O2/c1-16-6-5-12-11(8-16)13(15-14-12)9-3-2-4-10(7-9)17(18)19/h2-4,7,11,13,15H,5-6,8H2,1H3. The van der Waals surface area contributed by atoms with Crippen molar-refractivity contribution in [2.75, 3.05) is 20.1 Å². The van der Waals surface area contributed by atoms with Crippen LogP contribution in [0.25, 0.3) is 0 Å². The lowest BCUT2D eigenvalue weighted by Crippen LogP contribution is -2.39. The first-order chi connectivity index (χ1) is 9.15. The Morgan fingerprint density at radius 2 is 2.37 bits per heavy atom. The molecule has 6 nitrogen and oxygen atoms in total. The minimum atomic E-state index is -0.354. The molecule has 0 saturated carbocycles. The zero-order chi connectivity index (χ0) is 13.4. The summed E-state index contributed by atoms with van der Waals surface area (Å²) in [5.41, 5.74) is 5.40. The zero-order valence-electron chi connectivity index (χ0n) is 10.7. The molecular weight excluding hydrogens is 244 g/mol. The van der Waals surface area contributed by atoms with Crippen molar-refractivity contribution in [2.45, 2.75) is 12.5 Å². The summed E-state index contributed by atoms with van der Waals surface area (Å²) >= 11 is 0. The van der Waals surface area contributed by atoms with Crippen LogP contribution in [-0.2, 0) is 0 Å². The van der Waals surface area contributed by atoms with Crippen LogP contribution in [0, 0.1) is 16.0 Å². The van der Waals surface area contributed by atoms with E-state index < -0.39 is 0 Å². The zero-order valence-corrected chi connectivity index (χ0v) is 10.7. The van der Waals surface area contributed by atoms with E-state index in [4.69, 9.17) is 0 Å². The highest BCUT2D eigenvalue weighted by molar-refractivity contribution is 5.89. The predicted molar refractivity (Wildman–Crippen MR) is 72.0 cm³/mol. The first-order valence-electron chi connectivity index (χ1n) is 6.40. The predicted octanol–water partition coefficient (Wildman–Crippen LogP) is 1.55. The molecular formula is C13H16N4O2. The van der Waals surface area contributed by atoms with Gasteiger partial charge in [0.2, 0.25) is 0 Å². The molecule has 0 spiro atoms. The SMILES string of the molecule is CN1CCC2=NNC(c3cccc([N+](=O)[O-])c3)C2C1. The second-order valence-electron chi connectivity index (χ2n) is 5.18. The second kappa shape index (κ2) is 4.62. The van der Waals surface area contributed by atoms with Crippen molar-refractivity contribution in [1.82, 2.24) is 10.3 Å². The summed E-state index contributed by atoms with van der Waals surface area (Å²) in [4.78, 5) is 12.8. The van der Waals surface area contributed by atoms with E-state index in [-0.39, 0.29) is 16.7 Å². The lowest BCUT2D eigenvalue weighted by molar-refractivity contribution is -0.384. The van der Waals surface area contributed by atoms with E-state index >= 15 is 0 Å². The van der Waals surface area contributed by atoms with Crippen LogP contribution in [0.4, 0.5) is 5.69 Å². The molecule has 0 aliphatic carbocycles. The molecule has 100 valence electrons. The normalized spacial score (nSPS) is 26.5. The van der Waals surface area contributed by atoms with Crippen molar-refractivity contribution >= 4 is 11.4 Å². The van der Waals surface area contributed by atoms with Gasteiger partial charge < -0.3 is 10.3 Å². The van der Waals surface area contributed by atoms with Crippen LogP contribution in [0.5, 0.6) is 0 Å². The Kier molecular flexibility index (Phi) is 2.94. The maximum Gasteiger partial charge on any atom is 0.269 e. The Hall–Kier alpha value is -1.95. The van der Waals surface area contributed by atoms with Gasteiger partial charge in [-0.2, -0.15) is 5.10 Å². The highest BCUT2D eigenvalue weighted by Crippen LogP contribution is 2.33. The van der Waals surface area contributed by atoms with Gasteiger partial charge in [0.05, 0.1) is 11.0 Å². The van der Waals surface area contributed by atoms with Crippen LogP contribution in [-0.4, -0.2) is 35.7 Å². The molecule has 2 aliphatic heterocycles. The number of benzene rings is 1. The lowest BCUT2D eigenvalue weighted by Gasteiger charge is -2.30. The third-order valence-corrected chi connectivity index (χ3v) is 3.88. The number of nitrogens with one attached hydrogen (secondary N) is 1. The number of fused-ring (bicyclic) bond motifs is 1. The summed E-state index contributed by atoms with van der Waals surface area (Å²) in [6.07, 6.45) is 0.972. The molecule has 1 aromatic rings. The fourth-order valence-electron chi connectivity index (χ4n) is 2.84. The number of piperidine rings is 1. The van der Waals surface area contributed by atoms with Gasteiger partial charge in [0.1, 0.15) is 0 Å². The first kappa shape index (κ1) is 12.1. The molecule has 19 heavy (non-hydrogen) atoms. The molecule has 2 heterocycles. The molecule has 2 atom stereocenters. The number of hydrogen-bond donors (Lipinski definition) is 1. The van der Waals surface area contributed by atoms with E-state index in [1.54, 1.807) is 12.1 Å². The van der Waals surface area contributed by atoms with Gasteiger partial charge in [-0.05, 0) is 12.6 Å². The molecule has 2 aliphatic rings. The monoisotopic (exact) mass is 260 g/mol. The highest BCUT2D eigenvalue weighted by atomic mass is 16.6. The molecule has 1 aromatic carbocycles. The van der Waals surface area contributed by atoms with E-state index in [0.29, 0.717) is 5.92 Å².